The van der Waals surface area contributed by atoms with Crippen molar-refractivity contribution >= 4 is 11.5 Å². The summed E-state index contributed by atoms with van der Waals surface area (Å²) in [6.45, 7) is 6.82. The maximum atomic E-state index is 11.0. The van der Waals surface area contributed by atoms with E-state index >= 15 is 0 Å². The van der Waals surface area contributed by atoms with Gasteiger partial charge in [-0.25, -0.2) is 0 Å². The number of carbonyl (C=O) groups is 1. The van der Waals surface area contributed by atoms with E-state index in [0.29, 0.717) is 12.3 Å². The Morgan fingerprint density at radius 1 is 1.31 bits per heavy atom. The zero-order valence-corrected chi connectivity index (χ0v) is 10.7. The molecule has 0 atom stereocenters. The van der Waals surface area contributed by atoms with E-state index in [2.05, 4.69) is 36.9 Å². The van der Waals surface area contributed by atoms with Gasteiger partial charge in [0.15, 0.2) is 0 Å². The molecule has 0 bridgehead atoms. The molecule has 2 nitrogen and oxygen atoms in total. The second-order valence-corrected chi connectivity index (χ2v) is 4.59. The first-order chi connectivity index (χ1) is 7.52. The van der Waals surface area contributed by atoms with Crippen LogP contribution in [0.25, 0.3) is 0 Å². The minimum absolute atomic E-state index is 0.244. The van der Waals surface area contributed by atoms with E-state index in [1.165, 1.54) is 11.3 Å². The van der Waals surface area contributed by atoms with Gasteiger partial charge in [0, 0.05) is 25.7 Å². The molecule has 88 valence electrons. The molecule has 1 rings (SSSR count). The van der Waals surface area contributed by atoms with Crippen LogP contribution in [0.15, 0.2) is 24.3 Å². The Balaban J connectivity index is 2.81. The minimum Gasteiger partial charge on any atom is -0.374 e. The van der Waals surface area contributed by atoms with Gasteiger partial charge in [-0.3, -0.25) is 4.79 Å². The summed E-state index contributed by atoms with van der Waals surface area (Å²) in [5, 5.41) is 0. The number of rotatable bonds is 5. The molecule has 16 heavy (non-hydrogen) atoms. The first-order valence-electron chi connectivity index (χ1n) is 5.82. The van der Waals surface area contributed by atoms with Gasteiger partial charge in [-0.1, -0.05) is 32.0 Å². The van der Waals surface area contributed by atoms with Crippen molar-refractivity contribution < 1.29 is 4.79 Å². The normalized spacial score (nSPS) is 10.6. The van der Waals surface area contributed by atoms with Gasteiger partial charge in [-0.15, -0.1) is 0 Å². The number of para-hydroxylation sites is 1. The van der Waals surface area contributed by atoms with Crippen molar-refractivity contribution in [3.8, 4) is 0 Å². The number of hydrogen-bond acceptors (Lipinski definition) is 2. The van der Waals surface area contributed by atoms with Crippen molar-refractivity contribution in [1.82, 2.24) is 0 Å². The Morgan fingerprint density at radius 3 is 2.50 bits per heavy atom. The van der Waals surface area contributed by atoms with E-state index in [9.17, 15) is 4.79 Å². The molecule has 0 saturated carbocycles. The second-order valence-electron chi connectivity index (χ2n) is 4.59. The largest absolute Gasteiger partial charge is 0.374 e. The Morgan fingerprint density at radius 2 is 1.94 bits per heavy atom. The molecular weight excluding hydrogens is 198 g/mol. The molecule has 0 heterocycles. The fourth-order valence-electron chi connectivity index (χ4n) is 1.77. The smallest absolute Gasteiger partial charge is 0.131 e. The summed E-state index contributed by atoms with van der Waals surface area (Å²) in [6.07, 6.45) is 0.614. The average Bonchev–Trinajstić information content (AvgIpc) is 2.25. The van der Waals surface area contributed by atoms with Gasteiger partial charge in [-0.2, -0.15) is 0 Å². The van der Waals surface area contributed by atoms with Gasteiger partial charge < -0.3 is 4.90 Å². The highest BCUT2D eigenvalue weighted by atomic mass is 16.1. The van der Waals surface area contributed by atoms with Crippen molar-refractivity contribution in [3.63, 3.8) is 0 Å². The summed E-state index contributed by atoms with van der Waals surface area (Å²) in [5.74, 6) is 0.754. The first-order valence-corrected chi connectivity index (χ1v) is 5.82. The van der Waals surface area contributed by atoms with Crippen LogP contribution in [-0.2, 0) is 4.79 Å². The van der Waals surface area contributed by atoms with E-state index in [1.54, 1.807) is 6.92 Å². The van der Waals surface area contributed by atoms with Crippen LogP contribution in [0, 0.1) is 0 Å². The zero-order chi connectivity index (χ0) is 12.1. The highest BCUT2D eigenvalue weighted by Gasteiger charge is 2.09. The number of ketones is 1. The summed E-state index contributed by atoms with van der Waals surface area (Å²) in [4.78, 5) is 13.1. The average molecular weight is 219 g/mol. The van der Waals surface area contributed by atoms with E-state index in [1.807, 2.05) is 13.1 Å². The number of benzene rings is 1. The van der Waals surface area contributed by atoms with Crippen LogP contribution in [0.2, 0.25) is 0 Å². The van der Waals surface area contributed by atoms with Crippen LogP contribution >= 0.6 is 0 Å². The standard InChI is InChI=1S/C14H21NO/c1-11(2)13-7-5-6-8-14(13)15(4)10-9-12(3)16/h5-8,11H,9-10H2,1-4H3. The zero-order valence-electron chi connectivity index (χ0n) is 10.7. The number of Topliss-reactive ketones (excluding diaryl/α,β-unsaturated/α-hetero) is 1. The Bertz CT molecular complexity index is 358. The lowest BCUT2D eigenvalue weighted by atomic mass is 10.0. The minimum atomic E-state index is 0.244. The number of nitrogens with zero attached hydrogens (tertiary/aromatic N) is 1. The lowest BCUT2D eigenvalue weighted by Gasteiger charge is -2.23. The van der Waals surface area contributed by atoms with Crippen LogP contribution in [-0.4, -0.2) is 19.4 Å². The highest BCUT2D eigenvalue weighted by molar-refractivity contribution is 5.76. The molecule has 0 radical (unpaired) electrons. The van der Waals surface area contributed by atoms with Crippen LogP contribution in [0.4, 0.5) is 5.69 Å². The molecule has 1 aromatic rings. The molecule has 0 aliphatic rings. The predicted octanol–water partition coefficient (Wildman–Crippen LogP) is 3.23. The third-order valence-electron chi connectivity index (χ3n) is 2.77. The predicted molar refractivity (Wildman–Crippen MR) is 69.1 cm³/mol. The van der Waals surface area contributed by atoms with Crippen LogP contribution in [0.3, 0.4) is 0 Å². The van der Waals surface area contributed by atoms with E-state index < -0.39 is 0 Å². The second kappa shape index (κ2) is 5.69. The van der Waals surface area contributed by atoms with Crippen LogP contribution in [0.1, 0.15) is 38.7 Å². The van der Waals surface area contributed by atoms with Gasteiger partial charge in [-0.05, 0) is 24.5 Å². The molecule has 0 amide bonds. The molecular formula is C14H21NO. The lowest BCUT2D eigenvalue weighted by Crippen LogP contribution is -2.21. The maximum absolute atomic E-state index is 11.0. The maximum Gasteiger partial charge on any atom is 0.131 e. The van der Waals surface area contributed by atoms with E-state index in [4.69, 9.17) is 0 Å². The van der Waals surface area contributed by atoms with Crippen molar-refractivity contribution in [2.75, 3.05) is 18.5 Å². The van der Waals surface area contributed by atoms with Crippen molar-refractivity contribution in [1.29, 1.82) is 0 Å². The van der Waals surface area contributed by atoms with Gasteiger partial charge >= 0.3 is 0 Å². The van der Waals surface area contributed by atoms with E-state index in [0.717, 1.165) is 6.54 Å². The quantitative estimate of drug-likeness (QED) is 0.757. The Kier molecular flexibility index (Phi) is 4.53. The van der Waals surface area contributed by atoms with Gasteiger partial charge in [0.2, 0.25) is 0 Å². The lowest BCUT2D eigenvalue weighted by molar-refractivity contribution is -0.116. The van der Waals surface area contributed by atoms with Crippen LogP contribution in [0.5, 0.6) is 0 Å². The van der Waals surface area contributed by atoms with Crippen LogP contribution < -0.4 is 4.90 Å². The molecule has 0 fully saturated rings. The van der Waals surface area contributed by atoms with Gasteiger partial charge in [0.25, 0.3) is 0 Å². The summed E-state index contributed by atoms with van der Waals surface area (Å²) < 4.78 is 0. The SMILES string of the molecule is CC(=O)CCN(C)c1ccccc1C(C)C. The molecule has 1 aromatic carbocycles. The van der Waals surface area contributed by atoms with Crippen molar-refractivity contribution in [3.05, 3.63) is 29.8 Å². The highest BCUT2D eigenvalue weighted by Crippen LogP contribution is 2.26. The van der Waals surface area contributed by atoms with Crippen molar-refractivity contribution in [2.24, 2.45) is 0 Å². The molecule has 0 aliphatic carbocycles. The van der Waals surface area contributed by atoms with Crippen molar-refractivity contribution in [2.45, 2.75) is 33.1 Å². The third kappa shape index (κ3) is 3.37. The fourth-order valence-corrected chi connectivity index (χ4v) is 1.77. The van der Waals surface area contributed by atoms with Gasteiger partial charge in [0.1, 0.15) is 5.78 Å². The summed E-state index contributed by atoms with van der Waals surface area (Å²) in [5.41, 5.74) is 2.58. The topological polar surface area (TPSA) is 20.3 Å². The summed E-state index contributed by atoms with van der Waals surface area (Å²) in [7, 11) is 2.05. The van der Waals surface area contributed by atoms with E-state index in [-0.39, 0.29) is 5.78 Å². The number of hydrogen-bond donors (Lipinski definition) is 0. The molecule has 0 spiro atoms. The molecule has 0 saturated heterocycles. The molecule has 0 unspecified atom stereocenters. The number of carbonyl (C=O) groups excluding carboxylic acids is 1. The fraction of sp³-hybridized carbons (Fsp3) is 0.500. The summed E-state index contributed by atoms with van der Waals surface area (Å²) in [6, 6.07) is 8.39. The summed E-state index contributed by atoms with van der Waals surface area (Å²) >= 11 is 0. The Labute approximate surface area is 98.3 Å². The molecule has 0 aromatic heterocycles. The molecule has 0 aliphatic heterocycles. The monoisotopic (exact) mass is 219 g/mol. The first kappa shape index (κ1) is 12.8. The third-order valence-corrected chi connectivity index (χ3v) is 2.77. The molecule has 2 heteroatoms. The molecule has 0 N–H and O–H groups in total. The Hall–Kier alpha value is -1.31. The number of anilines is 1. The van der Waals surface area contributed by atoms with Gasteiger partial charge in [0.05, 0.1) is 0 Å².